The fourth-order valence-electron chi connectivity index (χ4n) is 2.90. The zero-order valence-corrected chi connectivity index (χ0v) is 9.71. The molecule has 0 aromatic rings. The zero-order valence-electron chi connectivity index (χ0n) is 9.71. The largest absolute Gasteiger partial charge is 0.422 e. The van der Waals surface area contributed by atoms with Gasteiger partial charge in [-0.3, -0.25) is 9.59 Å². The molecule has 2 heterocycles. The second-order valence-electron chi connectivity index (χ2n) is 4.41. The maximum Gasteiger partial charge on any atom is 0.305 e. The molecule has 2 aliphatic heterocycles. The lowest BCUT2D eigenvalue weighted by molar-refractivity contribution is -0.210. The summed E-state index contributed by atoms with van der Waals surface area (Å²) in [6.07, 6.45) is 3.68. The van der Waals surface area contributed by atoms with Crippen LogP contribution >= 0.6 is 0 Å². The highest BCUT2D eigenvalue weighted by molar-refractivity contribution is 5.70. The van der Waals surface area contributed by atoms with Crippen molar-refractivity contribution in [2.75, 3.05) is 0 Å². The van der Waals surface area contributed by atoms with E-state index in [9.17, 15) is 9.59 Å². The Morgan fingerprint density at radius 1 is 1.06 bits per heavy atom. The van der Waals surface area contributed by atoms with Gasteiger partial charge in [-0.1, -0.05) is 19.6 Å². The van der Waals surface area contributed by atoms with E-state index >= 15 is 0 Å². The second kappa shape index (κ2) is 3.57. The van der Waals surface area contributed by atoms with Gasteiger partial charge in [0.05, 0.1) is 24.0 Å². The van der Waals surface area contributed by atoms with Crippen molar-refractivity contribution in [3.63, 3.8) is 0 Å². The van der Waals surface area contributed by atoms with Gasteiger partial charge in [-0.05, 0) is 0 Å². The maximum absolute atomic E-state index is 11.1. The third-order valence-electron chi connectivity index (χ3n) is 3.33. The Morgan fingerprint density at radius 3 is 1.82 bits per heavy atom. The predicted molar refractivity (Wildman–Crippen MR) is 56.4 cm³/mol. The zero-order chi connectivity index (χ0) is 11.5. The van der Waals surface area contributed by atoms with Gasteiger partial charge in [0.15, 0.2) is 0 Å². The van der Waals surface area contributed by atoms with Crippen LogP contribution < -0.4 is 0 Å². The Kier molecular flexibility index (Phi) is 2.54. The minimum absolute atomic E-state index is 0. The lowest BCUT2D eigenvalue weighted by atomic mass is 10.1. The number of carbonyl (C=O) groups is 2. The van der Waals surface area contributed by atoms with Gasteiger partial charge >= 0.3 is 11.9 Å². The van der Waals surface area contributed by atoms with Crippen LogP contribution in [-0.4, -0.2) is 29.9 Å². The lowest BCUT2D eigenvalue weighted by Crippen LogP contribution is -2.34. The first kappa shape index (κ1) is 12.1. The molecule has 4 atom stereocenters. The molecule has 2 bridgehead atoms. The van der Waals surface area contributed by atoms with E-state index in [1.165, 1.54) is 13.8 Å². The standard InChI is InChI=1S/C11H12O5.CH2/c1-5(12)15-11(16-6(2)13)9-7-3-4-8(14-7)10(9)11;/h3-4,7-10H,1-2H3;1H2. The average Bonchev–Trinajstić information content (AvgIpc) is 2.58. The van der Waals surface area contributed by atoms with Crippen molar-refractivity contribution in [1.29, 1.82) is 0 Å². The molecule has 0 amide bonds. The van der Waals surface area contributed by atoms with Crippen LogP contribution in [0.15, 0.2) is 12.2 Å². The number of hydrogen-bond acceptors (Lipinski definition) is 5. The molecular formula is C12H14O5. The monoisotopic (exact) mass is 238 g/mol. The van der Waals surface area contributed by atoms with Crippen LogP contribution in [0.4, 0.5) is 0 Å². The smallest absolute Gasteiger partial charge is 0.305 e. The summed E-state index contributed by atoms with van der Waals surface area (Å²) in [5, 5.41) is 0. The maximum atomic E-state index is 11.1. The number of ether oxygens (including phenoxy) is 3. The van der Waals surface area contributed by atoms with Crippen molar-refractivity contribution in [3.05, 3.63) is 19.6 Å². The van der Waals surface area contributed by atoms with E-state index in [4.69, 9.17) is 14.2 Å². The topological polar surface area (TPSA) is 61.8 Å². The van der Waals surface area contributed by atoms with Gasteiger partial charge in [-0.2, -0.15) is 0 Å². The van der Waals surface area contributed by atoms with E-state index in [0.29, 0.717) is 0 Å². The molecule has 3 rings (SSSR count). The van der Waals surface area contributed by atoms with Gasteiger partial charge in [0.1, 0.15) is 0 Å². The van der Waals surface area contributed by atoms with Gasteiger partial charge in [0.25, 0.3) is 5.79 Å². The molecule has 1 aliphatic carbocycles. The summed E-state index contributed by atoms with van der Waals surface area (Å²) in [6, 6.07) is 0. The minimum Gasteiger partial charge on any atom is -0.422 e. The number of carbonyl (C=O) groups excluding carboxylic acids is 2. The molecule has 2 fully saturated rings. The number of hydrogen-bond donors (Lipinski definition) is 0. The molecule has 0 N–H and O–H groups in total. The fourth-order valence-corrected chi connectivity index (χ4v) is 2.90. The molecule has 4 unspecified atom stereocenters. The third kappa shape index (κ3) is 1.49. The predicted octanol–water partition coefficient (Wildman–Crippen LogP) is 0.719. The first-order valence-electron chi connectivity index (χ1n) is 5.27. The van der Waals surface area contributed by atoms with Crippen LogP contribution in [0.2, 0.25) is 0 Å². The van der Waals surface area contributed by atoms with Crippen molar-refractivity contribution in [1.82, 2.24) is 0 Å². The van der Waals surface area contributed by atoms with Crippen LogP contribution in [0.3, 0.4) is 0 Å². The molecule has 17 heavy (non-hydrogen) atoms. The number of rotatable bonds is 2. The number of fused-ring (bicyclic) bond motifs is 5. The molecule has 0 aromatic carbocycles. The third-order valence-corrected chi connectivity index (χ3v) is 3.33. The Bertz CT molecular complexity index is 364. The van der Waals surface area contributed by atoms with Gasteiger partial charge in [0, 0.05) is 13.8 Å². The van der Waals surface area contributed by atoms with Crippen molar-refractivity contribution >= 4 is 11.9 Å². The highest BCUT2D eigenvalue weighted by Crippen LogP contribution is 2.66. The average molecular weight is 238 g/mol. The van der Waals surface area contributed by atoms with Crippen molar-refractivity contribution in [2.45, 2.75) is 31.8 Å². The van der Waals surface area contributed by atoms with E-state index in [2.05, 4.69) is 0 Å². The van der Waals surface area contributed by atoms with Gasteiger partial charge < -0.3 is 14.2 Å². The quantitative estimate of drug-likeness (QED) is 0.403. The van der Waals surface area contributed by atoms with Crippen LogP contribution in [0, 0.1) is 19.3 Å². The normalized spacial score (nSPS) is 38.0. The molecular weight excluding hydrogens is 224 g/mol. The molecule has 1 saturated carbocycles. The van der Waals surface area contributed by atoms with Crippen molar-refractivity contribution < 1.29 is 23.8 Å². The molecule has 5 heteroatoms. The second-order valence-corrected chi connectivity index (χ2v) is 4.41. The van der Waals surface area contributed by atoms with Crippen LogP contribution in [-0.2, 0) is 23.8 Å². The summed E-state index contributed by atoms with van der Waals surface area (Å²) in [4.78, 5) is 22.1. The highest BCUT2D eigenvalue weighted by atomic mass is 16.8. The van der Waals surface area contributed by atoms with Gasteiger partial charge in [-0.15, -0.1) is 0 Å². The lowest BCUT2D eigenvalue weighted by Gasteiger charge is -2.23. The molecule has 92 valence electrons. The molecule has 2 radical (unpaired) electrons. The minimum atomic E-state index is -1.07. The summed E-state index contributed by atoms with van der Waals surface area (Å²) in [5.74, 6) is -2.01. The first-order valence-corrected chi connectivity index (χ1v) is 5.27. The molecule has 0 aromatic heterocycles. The molecule has 3 aliphatic rings. The Hall–Kier alpha value is -1.36. The summed E-state index contributed by atoms with van der Waals surface area (Å²) in [5.41, 5.74) is 0. The first-order chi connectivity index (χ1) is 7.54. The van der Waals surface area contributed by atoms with Crippen molar-refractivity contribution in [3.8, 4) is 0 Å². The van der Waals surface area contributed by atoms with Gasteiger partial charge in [0.2, 0.25) is 0 Å². The molecule has 0 spiro atoms. The summed E-state index contributed by atoms with van der Waals surface area (Å²) in [6.45, 7) is 2.63. The highest BCUT2D eigenvalue weighted by Gasteiger charge is 2.81. The Labute approximate surface area is 99.7 Å². The Balaban J connectivity index is 0.00000108. The number of esters is 2. The van der Waals surface area contributed by atoms with E-state index in [0.717, 1.165) is 0 Å². The van der Waals surface area contributed by atoms with E-state index in [1.807, 2.05) is 12.2 Å². The summed E-state index contributed by atoms with van der Waals surface area (Å²) in [7, 11) is 0. The van der Waals surface area contributed by atoms with Gasteiger partial charge in [-0.25, -0.2) is 0 Å². The molecule has 1 saturated heterocycles. The van der Waals surface area contributed by atoms with Crippen LogP contribution in [0.5, 0.6) is 0 Å². The summed E-state index contributed by atoms with van der Waals surface area (Å²) >= 11 is 0. The van der Waals surface area contributed by atoms with Crippen LogP contribution in [0.1, 0.15) is 13.8 Å². The van der Waals surface area contributed by atoms with Crippen molar-refractivity contribution in [2.24, 2.45) is 11.8 Å². The summed E-state index contributed by atoms with van der Waals surface area (Å²) < 4.78 is 16.0. The van der Waals surface area contributed by atoms with Crippen LogP contribution in [0.25, 0.3) is 0 Å². The fraction of sp³-hybridized carbons (Fsp3) is 0.583. The SMILES string of the molecule is CC(=O)OC1(OC(C)=O)C2C3C=CC(O3)C21.[CH2]. The van der Waals surface area contributed by atoms with E-state index < -0.39 is 17.7 Å². The Morgan fingerprint density at radius 2 is 1.47 bits per heavy atom. The van der Waals surface area contributed by atoms with E-state index in [1.54, 1.807) is 0 Å². The van der Waals surface area contributed by atoms with E-state index in [-0.39, 0.29) is 31.5 Å². The molecule has 5 nitrogen and oxygen atoms in total.